The predicted molar refractivity (Wildman–Crippen MR) is 141 cm³/mol. The minimum Gasteiger partial charge on any atom is -0.494 e. The third-order valence-corrected chi connectivity index (χ3v) is 8.22. The third-order valence-electron chi connectivity index (χ3n) is 6.91. The molecular weight excluding hydrogens is 483 g/mol. The number of likely N-dealkylation sites (tertiary alicyclic amines) is 1. The van der Waals surface area contributed by atoms with Gasteiger partial charge >= 0.3 is 13.2 Å². The van der Waals surface area contributed by atoms with E-state index in [-0.39, 0.29) is 17.8 Å². The Labute approximate surface area is 216 Å². The molecule has 0 atom stereocenters. The second-order valence-electron chi connectivity index (χ2n) is 11.6. The van der Waals surface area contributed by atoms with Gasteiger partial charge in [0.15, 0.2) is 0 Å². The summed E-state index contributed by atoms with van der Waals surface area (Å²) in [4.78, 5) is 14.1. The van der Waals surface area contributed by atoms with Crippen molar-refractivity contribution >= 4 is 34.4 Å². The molecule has 0 bridgehead atoms. The van der Waals surface area contributed by atoms with Crippen LogP contribution >= 0.6 is 0 Å². The van der Waals surface area contributed by atoms with Gasteiger partial charge in [0.05, 0.1) is 23.6 Å². The molecule has 11 heteroatoms. The fourth-order valence-electron chi connectivity index (χ4n) is 3.97. The van der Waals surface area contributed by atoms with Crippen LogP contribution in [0, 0.1) is 5.92 Å². The van der Waals surface area contributed by atoms with E-state index in [2.05, 4.69) is 4.72 Å². The van der Waals surface area contributed by atoms with Gasteiger partial charge in [-0.2, -0.15) is 0 Å². The first-order valence-electron chi connectivity index (χ1n) is 12.6. The molecule has 0 radical (unpaired) electrons. The van der Waals surface area contributed by atoms with Crippen LogP contribution in [-0.2, 0) is 24.1 Å². The molecule has 0 unspecified atom stereocenters. The van der Waals surface area contributed by atoms with Crippen LogP contribution in [0.15, 0.2) is 18.2 Å². The van der Waals surface area contributed by atoms with Crippen molar-refractivity contribution in [2.75, 3.05) is 30.2 Å². The minimum absolute atomic E-state index is 0.0287. The summed E-state index contributed by atoms with van der Waals surface area (Å²) in [6.45, 7) is 16.7. The molecule has 0 aliphatic carbocycles. The lowest BCUT2D eigenvalue weighted by Crippen LogP contribution is -2.42. The predicted octanol–water partition coefficient (Wildman–Crippen LogP) is 3.77. The Balaban J connectivity index is 1.71. The van der Waals surface area contributed by atoms with Crippen LogP contribution in [0.3, 0.4) is 0 Å². The summed E-state index contributed by atoms with van der Waals surface area (Å²) in [5.74, 6) is 0.828. The Kier molecular flexibility index (Phi) is 8.27. The maximum absolute atomic E-state index is 12.3. The topological polar surface area (TPSA) is 103 Å². The van der Waals surface area contributed by atoms with E-state index in [0.717, 1.165) is 12.8 Å². The summed E-state index contributed by atoms with van der Waals surface area (Å²) < 4.78 is 51.1. The van der Waals surface area contributed by atoms with Crippen LogP contribution in [0.25, 0.3) is 0 Å². The Morgan fingerprint density at radius 3 is 2.25 bits per heavy atom. The molecule has 0 aromatic heterocycles. The quantitative estimate of drug-likeness (QED) is 0.542. The van der Waals surface area contributed by atoms with Gasteiger partial charge < -0.3 is 23.7 Å². The maximum Gasteiger partial charge on any atom is 0.498 e. The second kappa shape index (κ2) is 10.4. The fraction of sp³-hybridized carbons (Fsp3) is 0.720. The number of carbonyl (C=O) groups excluding carboxylic acids is 1. The molecule has 1 N–H and O–H groups in total. The summed E-state index contributed by atoms with van der Waals surface area (Å²) in [7, 11) is -4.14. The summed E-state index contributed by atoms with van der Waals surface area (Å²) in [6.07, 6.45) is 1.33. The lowest BCUT2D eigenvalue weighted by molar-refractivity contribution is 0.00578. The van der Waals surface area contributed by atoms with Crippen LogP contribution in [0.4, 0.5) is 10.5 Å². The first-order valence-corrected chi connectivity index (χ1v) is 14.3. The molecule has 2 saturated heterocycles. The molecule has 1 aromatic rings. The standard InChI is InChI=1S/C25H41BN2O7S/c1-9-36(30,31)27-19-10-11-21(20(16-19)26-34-24(5,6)25(7,8)35-26)32-17-18-12-14-28(15-13-18)22(29)33-23(2,3)4/h10-11,16,18,27H,9,12-15,17H2,1-8H3. The lowest BCUT2D eigenvalue weighted by atomic mass is 9.78. The number of anilines is 1. The van der Waals surface area contributed by atoms with Gasteiger partial charge in [-0.25, -0.2) is 13.2 Å². The molecule has 36 heavy (non-hydrogen) atoms. The Morgan fingerprint density at radius 1 is 1.14 bits per heavy atom. The number of rotatable bonds is 7. The van der Waals surface area contributed by atoms with Crippen molar-refractivity contribution in [3.63, 3.8) is 0 Å². The highest BCUT2D eigenvalue weighted by Gasteiger charge is 2.52. The maximum atomic E-state index is 12.3. The lowest BCUT2D eigenvalue weighted by Gasteiger charge is -2.33. The molecule has 202 valence electrons. The minimum atomic E-state index is -3.44. The zero-order valence-electron chi connectivity index (χ0n) is 22.8. The zero-order chi connectivity index (χ0) is 26.9. The van der Waals surface area contributed by atoms with Gasteiger partial charge in [0.25, 0.3) is 0 Å². The van der Waals surface area contributed by atoms with E-state index in [1.807, 2.05) is 48.5 Å². The van der Waals surface area contributed by atoms with Gasteiger partial charge in [0, 0.05) is 24.2 Å². The number of nitrogens with one attached hydrogen (secondary N) is 1. The van der Waals surface area contributed by atoms with Gasteiger partial charge in [-0.15, -0.1) is 0 Å². The molecule has 0 saturated carbocycles. The second-order valence-corrected chi connectivity index (χ2v) is 13.6. The van der Waals surface area contributed by atoms with Gasteiger partial charge in [-0.1, -0.05) is 0 Å². The molecule has 1 amide bonds. The van der Waals surface area contributed by atoms with Gasteiger partial charge in [0.1, 0.15) is 11.4 Å². The molecule has 3 rings (SSSR count). The van der Waals surface area contributed by atoms with Gasteiger partial charge in [-0.3, -0.25) is 4.72 Å². The van der Waals surface area contributed by atoms with Gasteiger partial charge in [-0.05, 0) is 92.3 Å². The Bertz CT molecular complexity index is 1030. The van der Waals surface area contributed by atoms with E-state index < -0.39 is 33.9 Å². The van der Waals surface area contributed by atoms with E-state index in [9.17, 15) is 13.2 Å². The fourth-order valence-corrected chi connectivity index (χ4v) is 4.60. The average Bonchev–Trinajstić information content (AvgIpc) is 2.98. The highest BCUT2D eigenvalue weighted by Crippen LogP contribution is 2.37. The van der Waals surface area contributed by atoms with Crippen molar-refractivity contribution in [3.05, 3.63) is 18.2 Å². The first kappa shape index (κ1) is 28.6. The van der Waals surface area contributed by atoms with Crippen LogP contribution in [0.1, 0.15) is 68.2 Å². The number of amides is 1. The largest absolute Gasteiger partial charge is 0.498 e. The zero-order valence-corrected chi connectivity index (χ0v) is 23.7. The molecule has 2 heterocycles. The number of sulfonamides is 1. The van der Waals surface area contributed by atoms with E-state index in [0.29, 0.717) is 36.6 Å². The van der Waals surface area contributed by atoms with E-state index in [1.54, 1.807) is 30.0 Å². The average molecular weight is 524 g/mol. The molecule has 2 aliphatic heterocycles. The van der Waals surface area contributed by atoms with E-state index in [4.69, 9.17) is 18.8 Å². The number of benzene rings is 1. The summed E-state index contributed by atoms with van der Waals surface area (Å²) in [5, 5.41) is 0. The summed E-state index contributed by atoms with van der Waals surface area (Å²) >= 11 is 0. The summed E-state index contributed by atoms with van der Waals surface area (Å²) in [5.41, 5.74) is -0.556. The van der Waals surface area contributed by atoms with Crippen molar-refractivity contribution in [2.45, 2.75) is 85.0 Å². The van der Waals surface area contributed by atoms with Crippen molar-refractivity contribution in [2.24, 2.45) is 5.92 Å². The van der Waals surface area contributed by atoms with Crippen LogP contribution in [0.5, 0.6) is 5.75 Å². The number of nitrogens with zero attached hydrogens (tertiary/aromatic N) is 1. The Hall–Kier alpha value is -1.98. The highest BCUT2D eigenvalue weighted by molar-refractivity contribution is 7.92. The van der Waals surface area contributed by atoms with Gasteiger partial charge in [0.2, 0.25) is 10.0 Å². The SMILES string of the molecule is CCS(=O)(=O)Nc1ccc(OCC2CCN(C(=O)OC(C)(C)C)CC2)c(B2OC(C)(C)C(C)(C)O2)c1. The molecule has 2 aliphatic rings. The van der Waals surface area contributed by atoms with Crippen LogP contribution in [-0.4, -0.2) is 68.8 Å². The molecule has 0 spiro atoms. The van der Waals surface area contributed by atoms with Crippen molar-refractivity contribution < 1.29 is 32.0 Å². The van der Waals surface area contributed by atoms with Crippen LogP contribution in [0.2, 0.25) is 0 Å². The van der Waals surface area contributed by atoms with E-state index >= 15 is 0 Å². The van der Waals surface area contributed by atoms with Crippen molar-refractivity contribution in [1.82, 2.24) is 4.90 Å². The third kappa shape index (κ3) is 7.07. The summed E-state index contributed by atoms with van der Waals surface area (Å²) in [6, 6.07) is 5.15. The number of carbonyl (C=O) groups is 1. The highest BCUT2D eigenvalue weighted by atomic mass is 32.2. The van der Waals surface area contributed by atoms with Crippen LogP contribution < -0.4 is 14.9 Å². The molecule has 2 fully saturated rings. The van der Waals surface area contributed by atoms with E-state index in [1.165, 1.54) is 0 Å². The number of hydrogen-bond acceptors (Lipinski definition) is 7. The first-order chi connectivity index (χ1) is 16.5. The van der Waals surface area contributed by atoms with Crippen molar-refractivity contribution in [3.8, 4) is 5.75 Å². The van der Waals surface area contributed by atoms with Crippen molar-refractivity contribution in [1.29, 1.82) is 0 Å². The Morgan fingerprint density at radius 2 is 1.72 bits per heavy atom. The molecule has 1 aromatic carbocycles. The number of piperidine rings is 1. The normalized spacial score (nSPS) is 20.3. The monoisotopic (exact) mass is 524 g/mol. The molecular formula is C25H41BN2O7S. The smallest absolute Gasteiger partial charge is 0.494 e. The number of ether oxygens (including phenoxy) is 2. The number of hydrogen-bond donors (Lipinski definition) is 1. The molecule has 9 nitrogen and oxygen atoms in total.